The molecule has 3 heteroatoms. The average molecular weight is 171 g/mol. The highest BCUT2D eigenvalue weighted by Crippen LogP contribution is 2.31. The van der Waals surface area contributed by atoms with Crippen molar-refractivity contribution in [2.75, 3.05) is 20.7 Å². The van der Waals surface area contributed by atoms with Crippen LogP contribution < -0.4 is 0 Å². The van der Waals surface area contributed by atoms with Crippen LogP contribution in [-0.4, -0.2) is 37.6 Å². The van der Waals surface area contributed by atoms with Gasteiger partial charge in [-0.05, 0) is 33.9 Å². The second-order valence-electron chi connectivity index (χ2n) is 3.54. The molecule has 0 heterocycles. The molecule has 0 radical (unpaired) electrons. The molecule has 0 atom stereocenters. The zero-order chi connectivity index (χ0) is 9.14. The molecule has 12 heavy (non-hydrogen) atoms. The van der Waals surface area contributed by atoms with E-state index in [1.165, 1.54) is 0 Å². The summed E-state index contributed by atoms with van der Waals surface area (Å²) in [6, 6.07) is 0.583. The van der Waals surface area contributed by atoms with Crippen molar-refractivity contribution in [2.24, 2.45) is 5.92 Å². The highest BCUT2D eigenvalue weighted by molar-refractivity contribution is 5.73. The molecule has 0 amide bonds. The van der Waals surface area contributed by atoms with Gasteiger partial charge < -0.3 is 9.64 Å². The predicted molar refractivity (Wildman–Crippen MR) is 46.8 cm³/mol. The Kier molecular flexibility index (Phi) is 3.09. The lowest BCUT2D eigenvalue weighted by atomic mass is 9.80. The first kappa shape index (κ1) is 9.52. The molecular formula is C9H17NO2. The maximum atomic E-state index is 11.2. The predicted octanol–water partition coefficient (Wildman–Crippen LogP) is 0.890. The van der Waals surface area contributed by atoms with Crippen LogP contribution in [0, 0.1) is 5.92 Å². The number of ether oxygens (including phenoxy) is 1. The van der Waals surface area contributed by atoms with E-state index < -0.39 is 0 Å². The molecule has 0 aromatic rings. The van der Waals surface area contributed by atoms with Crippen molar-refractivity contribution < 1.29 is 9.53 Å². The van der Waals surface area contributed by atoms with Gasteiger partial charge in [-0.15, -0.1) is 0 Å². The van der Waals surface area contributed by atoms with Gasteiger partial charge in [0.25, 0.3) is 0 Å². The van der Waals surface area contributed by atoms with Crippen LogP contribution in [0.1, 0.15) is 19.8 Å². The second-order valence-corrected chi connectivity index (χ2v) is 3.54. The molecule has 0 aromatic heterocycles. The van der Waals surface area contributed by atoms with Gasteiger partial charge in [-0.2, -0.15) is 0 Å². The van der Waals surface area contributed by atoms with Gasteiger partial charge in [-0.3, -0.25) is 4.79 Å². The molecule has 0 unspecified atom stereocenters. The van der Waals surface area contributed by atoms with Crippen LogP contribution in [0.5, 0.6) is 0 Å². The van der Waals surface area contributed by atoms with Gasteiger partial charge in [0.1, 0.15) is 0 Å². The zero-order valence-corrected chi connectivity index (χ0v) is 8.04. The number of carbonyl (C=O) groups is 1. The lowest BCUT2D eigenvalue weighted by Gasteiger charge is -2.37. The summed E-state index contributed by atoms with van der Waals surface area (Å²) in [7, 11) is 4.10. The van der Waals surface area contributed by atoms with Crippen molar-refractivity contribution in [3.63, 3.8) is 0 Å². The SMILES string of the molecule is CCOC(=O)[C@H]1C[C@@H](N(C)C)C1. The average Bonchev–Trinajstić information content (AvgIpc) is 1.82. The fourth-order valence-corrected chi connectivity index (χ4v) is 1.46. The molecule has 1 saturated carbocycles. The Morgan fingerprint density at radius 2 is 2.08 bits per heavy atom. The number of hydrogen-bond donors (Lipinski definition) is 0. The molecule has 0 saturated heterocycles. The van der Waals surface area contributed by atoms with E-state index in [1.54, 1.807) is 0 Å². The number of carbonyl (C=O) groups excluding carboxylic acids is 1. The molecule has 0 aromatic carbocycles. The van der Waals surface area contributed by atoms with Crippen molar-refractivity contribution in [3.05, 3.63) is 0 Å². The summed E-state index contributed by atoms with van der Waals surface area (Å²) in [5, 5.41) is 0. The van der Waals surface area contributed by atoms with Gasteiger partial charge in [0.2, 0.25) is 0 Å². The van der Waals surface area contributed by atoms with Crippen LogP contribution in [0.3, 0.4) is 0 Å². The molecule has 0 bridgehead atoms. The monoisotopic (exact) mass is 171 g/mol. The van der Waals surface area contributed by atoms with Crippen molar-refractivity contribution in [3.8, 4) is 0 Å². The first-order chi connectivity index (χ1) is 5.65. The number of rotatable bonds is 3. The quantitative estimate of drug-likeness (QED) is 0.591. The van der Waals surface area contributed by atoms with Gasteiger partial charge in [0.05, 0.1) is 12.5 Å². The summed E-state index contributed by atoms with van der Waals surface area (Å²) in [5.41, 5.74) is 0. The van der Waals surface area contributed by atoms with E-state index in [1.807, 2.05) is 21.0 Å². The van der Waals surface area contributed by atoms with Crippen molar-refractivity contribution >= 4 is 5.97 Å². The largest absolute Gasteiger partial charge is 0.466 e. The van der Waals surface area contributed by atoms with Crippen LogP contribution in [-0.2, 0) is 9.53 Å². The third kappa shape index (κ3) is 1.97. The van der Waals surface area contributed by atoms with Crippen LogP contribution in [0.15, 0.2) is 0 Å². The molecule has 0 spiro atoms. The molecule has 3 nitrogen and oxygen atoms in total. The third-order valence-electron chi connectivity index (χ3n) is 2.46. The fraction of sp³-hybridized carbons (Fsp3) is 0.889. The number of hydrogen-bond acceptors (Lipinski definition) is 3. The van der Waals surface area contributed by atoms with Gasteiger partial charge in [0.15, 0.2) is 0 Å². The van der Waals surface area contributed by atoms with E-state index in [0.29, 0.717) is 12.6 Å². The molecule has 1 fully saturated rings. The summed E-state index contributed by atoms with van der Waals surface area (Å²) in [6.45, 7) is 2.35. The van der Waals surface area contributed by atoms with E-state index in [-0.39, 0.29) is 11.9 Å². The first-order valence-electron chi connectivity index (χ1n) is 4.48. The van der Waals surface area contributed by atoms with E-state index in [0.717, 1.165) is 12.8 Å². The van der Waals surface area contributed by atoms with E-state index in [4.69, 9.17) is 4.74 Å². The van der Waals surface area contributed by atoms with Crippen LogP contribution in [0.4, 0.5) is 0 Å². The van der Waals surface area contributed by atoms with Gasteiger partial charge in [0, 0.05) is 6.04 Å². The standard InChI is InChI=1S/C9H17NO2/c1-4-12-9(11)7-5-8(6-7)10(2)3/h7-8H,4-6H2,1-3H3/t7-,8+. The number of esters is 1. The Balaban J connectivity index is 2.20. The third-order valence-corrected chi connectivity index (χ3v) is 2.46. The molecular weight excluding hydrogens is 154 g/mol. The summed E-state index contributed by atoms with van der Waals surface area (Å²) >= 11 is 0. The van der Waals surface area contributed by atoms with E-state index >= 15 is 0 Å². The lowest BCUT2D eigenvalue weighted by Crippen LogP contribution is -2.43. The molecule has 1 rings (SSSR count). The van der Waals surface area contributed by atoms with Crippen LogP contribution in [0.25, 0.3) is 0 Å². The van der Waals surface area contributed by atoms with Crippen molar-refractivity contribution in [1.29, 1.82) is 0 Å². The molecule has 0 N–H and O–H groups in total. The molecule has 0 aliphatic heterocycles. The Labute approximate surface area is 73.7 Å². The van der Waals surface area contributed by atoms with E-state index in [9.17, 15) is 4.79 Å². The Morgan fingerprint density at radius 3 is 2.50 bits per heavy atom. The van der Waals surface area contributed by atoms with Crippen molar-refractivity contribution in [1.82, 2.24) is 4.90 Å². The zero-order valence-electron chi connectivity index (χ0n) is 8.04. The van der Waals surface area contributed by atoms with Gasteiger partial charge in [-0.25, -0.2) is 0 Å². The lowest BCUT2D eigenvalue weighted by molar-refractivity contribution is -0.152. The summed E-state index contributed by atoms with van der Waals surface area (Å²) < 4.78 is 4.92. The normalized spacial score (nSPS) is 28.3. The number of nitrogens with zero attached hydrogens (tertiary/aromatic N) is 1. The topological polar surface area (TPSA) is 29.5 Å². The smallest absolute Gasteiger partial charge is 0.309 e. The molecule has 70 valence electrons. The minimum absolute atomic E-state index is 0.0180. The maximum absolute atomic E-state index is 11.2. The Morgan fingerprint density at radius 1 is 1.50 bits per heavy atom. The first-order valence-corrected chi connectivity index (χ1v) is 4.48. The highest BCUT2D eigenvalue weighted by atomic mass is 16.5. The highest BCUT2D eigenvalue weighted by Gasteiger charge is 2.36. The molecule has 1 aliphatic rings. The van der Waals surface area contributed by atoms with Gasteiger partial charge >= 0.3 is 5.97 Å². The van der Waals surface area contributed by atoms with Crippen LogP contribution >= 0.6 is 0 Å². The summed E-state index contributed by atoms with van der Waals surface area (Å²) in [4.78, 5) is 13.3. The fourth-order valence-electron chi connectivity index (χ4n) is 1.46. The Hall–Kier alpha value is -0.570. The minimum atomic E-state index is -0.0180. The van der Waals surface area contributed by atoms with Crippen molar-refractivity contribution in [2.45, 2.75) is 25.8 Å². The van der Waals surface area contributed by atoms with Gasteiger partial charge in [-0.1, -0.05) is 0 Å². The van der Waals surface area contributed by atoms with Crippen LogP contribution in [0.2, 0.25) is 0 Å². The minimum Gasteiger partial charge on any atom is -0.466 e. The Bertz CT molecular complexity index is 162. The summed E-state index contributed by atoms with van der Waals surface area (Å²) in [6.07, 6.45) is 1.93. The maximum Gasteiger partial charge on any atom is 0.309 e. The van der Waals surface area contributed by atoms with E-state index in [2.05, 4.69) is 4.90 Å². The second kappa shape index (κ2) is 3.90. The summed E-state index contributed by atoms with van der Waals surface area (Å²) in [5.74, 6) is 0.146. The molecule has 1 aliphatic carbocycles.